The van der Waals surface area contributed by atoms with Crippen molar-refractivity contribution in [2.24, 2.45) is 11.8 Å². The van der Waals surface area contributed by atoms with Gasteiger partial charge in [0.1, 0.15) is 6.33 Å². The van der Waals surface area contributed by atoms with E-state index in [-0.39, 0.29) is 5.91 Å². The van der Waals surface area contributed by atoms with Crippen LogP contribution in [-0.2, 0) is 11.3 Å². The highest BCUT2D eigenvalue weighted by molar-refractivity contribution is 5.91. The third kappa shape index (κ3) is 4.45. The molecule has 2 atom stereocenters. The van der Waals surface area contributed by atoms with Gasteiger partial charge >= 0.3 is 0 Å². The lowest BCUT2D eigenvalue weighted by Crippen LogP contribution is -2.34. The number of carbonyl (C=O) groups excluding carboxylic acids is 1. The highest BCUT2D eigenvalue weighted by Crippen LogP contribution is 2.24. The molecule has 2 unspecified atom stereocenters. The highest BCUT2D eigenvalue weighted by atomic mass is 16.1. The molecule has 25 heavy (non-hydrogen) atoms. The van der Waals surface area contributed by atoms with Gasteiger partial charge in [-0.15, -0.1) is 10.2 Å². The number of aryl methyl sites for hydroxylation is 1. The monoisotopic (exact) mass is 341 g/mol. The fourth-order valence-electron chi connectivity index (χ4n) is 3.48. The van der Waals surface area contributed by atoms with Crippen LogP contribution >= 0.6 is 0 Å². The van der Waals surface area contributed by atoms with Crippen LogP contribution in [0.25, 0.3) is 11.4 Å². The number of amides is 1. The first-order chi connectivity index (χ1) is 12.2. The molecule has 1 aromatic heterocycles. The van der Waals surface area contributed by atoms with E-state index in [9.17, 15) is 4.79 Å². The Balaban J connectivity index is 1.62. The second kappa shape index (κ2) is 8.25. The van der Waals surface area contributed by atoms with Gasteiger partial charge in [0.2, 0.25) is 5.91 Å². The number of hydrogen-bond donors (Lipinski definition) is 2. The van der Waals surface area contributed by atoms with E-state index in [0.717, 1.165) is 36.7 Å². The standard InChI is InChI=1S/C19H27N5O/c1-3-24-13-21-23-19(24)15-6-4-8-17(11-15)22-18(25)10-14(2)16-7-5-9-20-12-16/h4,6,8,11,13-14,16,20H,3,5,7,9-10,12H2,1-2H3,(H,22,25). The van der Waals surface area contributed by atoms with Gasteiger partial charge in [-0.1, -0.05) is 19.1 Å². The lowest BCUT2D eigenvalue weighted by Gasteiger charge is -2.28. The summed E-state index contributed by atoms with van der Waals surface area (Å²) >= 11 is 0. The summed E-state index contributed by atoms with van der Waals surface area (Å²) in [6.07, 6.45) is 4.70. The fraction of sp³-hybridized carbons (Fsp3) is 0.526. The number of nitrogens with one attached hydrogen (secondary N) is 2. The summed E-state index contributed by atoms with van der Waals surface area (Å²) in [6, 6.07) is 7.80. The maximum Gasteiger partial charge on any atom is 0.224 e. The maximum absolute atomic E-state index is 12.4. The van der Waals surface area contributed by atoms with Gasteiger partial charge < -0.3 is 15.2 Å². The Labute approximate surface area is 149 Å². The van der Waals surface area contributed by atoms with Gasteiger partial charge in [-0.25, -0.2) is 0 Å². The van der Waals surface area contributed by atoms with E-state index in [1.807, 2.05) is 28.8 Å². The predicted molar refractivity (Wildman–Crippen MR) is 99.1 cm³/mol. The number of carbonyl (C=O) groups is 1. The summed E-state index contributed by atoms with van der Waals surface area (Å²) in [5, 5.41) is 14.6. The van der Waals surface area contributed by atoms with Crippen molar-refractivity contribution in [2.75, 3.05) is 18.4 Å². The van der Waals surface area contributed by atoms with Crippen LogP contribution < -0.4 is 10.6 Å². The summed E-state index contributed by atoms with van der Waals surface area (Å²) in [7, 11) is 0. The molecule has 2 heterocycles. The van der Waals surface area contributed by atoms with Crippen molar-refractivity contribution >= 4 is 11.6 Å². The average Bonchev–Trinajstić information content (AvgIpc) is 3.11. The first-order valence-electron chi connectivity index (χ1n) is 9.16. The second-order valence-electron chi connectivity index (χ2n) is 6.86. The van der Waals surface area contributed by atoms with E-state index >= 15 is 0 Å². The molecule has 6 heteroatoms. The van der Waals surface area contributed by atoms with Crippen LogP contribution in [0.4, 0.5) is 5.69 Å². The van der Waals surface area contributed by atoms with E-state index < -0.39 is 0 Å². The molecular formula is C19H27N5O. The molecule has 1 saturated heterocycles. The SMILES string of the molecule is CCn1cnnc1-c1cccc(NC(=O)CC(C)C2CCCNC2)c1. The van der Waals surface area contributed by atoms with Crippen molar-refractivity contribution in [3.05, 3.63) is 30.6 Å². The first kappa shape index (κ1) is 17.6. The number of nitrogens with zero attached hydrogens (tertiary/aromatic N) is 3. The molecule has 0 saturated carbocycles. The van der Waals surface area contributed by atoms with E-state index in [2.05, 4.69) is 34.7 Å². The molecule has 0 bridgehead atoms. The number of hydrogen-bond acceptors (Lipinski definition) is 4. The molecule has 0 aliphatic carbocycles. The number of piperidine rings is 1. The molecule has 0 radical (unpaired) electrons. The van der Waals surface area contributed by atoms with E-state index in [1.54, 1.807) is 6.33 Å². The minimum Gasteiger partial charge on any atom is -0.326 e. The Bertz CT molecular complexity index is 705. The van der Waals surface area contributed by atoms with Crippen molar-refractivity contribution in [3.63, 3.8) is 0 Å². The zero-order chi connectivity index (χ0) is 17.6. The van der Waals surface area contributed by atoms with Crippen LogP contribution in [0.2, 0.25) is 0 Å². The Morgan fingerprint density at radius 2 is 2.36 bits per heavy atom. The second-order valence-corrected chi connectivity index (χ2v) is 6.86. The molecule has 0 spiro atoms. The van der Waals surface area contributed by atoms with Crippen molar-refractivity contribution < 1.29 is 4.79 Å². The van der Waals surface area contributed by atoms with Crippen LogP contribution in [0.5, 0.6) is 0 Å². The Hall–Kier alpha value is -2.21. The van der Waals surface area contributed by atoms with Gasteiger partial charge in [-0.3, -0.25) is 4.79 Å². The quantitative estimate of drug-likeness (QED) is 0.847. The van der Waals surface area contributed by atoms with Gasteiger partial charge in [0, 0.05) is 24.2 Å². The molecule has 1 aromatic carbocycles. The van der Waals surface area contributed by atoms with Crippen LogP contribution in [0.1, 0.15) is 33.1 Å². The van der Waals surface area contributed by atoms with Gasteiger partial charge in [0.15, 0.2) is 5.82 Å². The van der Waals surface area contributed by atoms with Crippen LogP contribution in [0, 0.1) is 11.8 Å². The lowest BCUT2D eigenvalue weighted by atomic mass is 9.85. The van der Waals surface area contributed by atoms with Gasteiger partial charge in [-0.05, 0) is 56.8 Å². The van der Waals surface area contributed by atoms with E-state index in [4.69, 9.17) is 0 Å². The Morgan fingerprint density at radius 1 is 1.48 bits per heavy atom. The smallest absolute Gasteiger partial charge is 0.224 e. The minimum absolute atomic E-state index is 0.0761. The highest BCUT2D eigenvalue weighted by Gasteiger charge is 2.22. The number of aromatic nitrogens is 3. The maximum atomic E-state index is 12.4. The lowest BCUT2D eigenvalue weighted by molar-refractivity contribution is -0.117. The molecule has 6 nitrogen and oxygen atoms in total. The summed E-state index contributed by atoms with van der Waals surface area (Å²) in [4.78, 5) is 12.4. The largest absolute Gasteiger partial charge is 0.326 e. The third-order valence-electron chi connectivity index (χ3n) is 5.01. The third-order valence-corrected chi connectivity index (χ3v) is 5.01. The first-order valence-corrected chi connectivity index (χ1v) is 9.16. The van der Waals surface area contributed by atoms with Gasteiger partial charge in [0.25, 0.3) is 0 Å². The molecule has 134 valence electrons. The molecule has 1 fully saturated rings. The molecular weight excluding hydrogens is 314 g/mol. The van der Waals surface area contributed by atoms with Crippen LogP contribution in [-0.4, -0.2) is 33.8 Å². The summed E-state index contributed by atoms with van der Waals surface area (Å²) in [6.45, 7) is 7.17. The topological polar surface area (TPSA) is 71.8 Å². The predicted octanol–water partition coefficient (Wildman–Crippen LogP) is 2.93. The summed E-state index contributed by atoms with van der Waals surface area (Å²) in [5.74, 6) is 1.88. The van der Waals surface area contributed by atoms with Crippen molar-refractivity contribution in [3.8, 4) is 11.4 Å². The normalized spacial score (nSPS) is 18.7. The zero-order valence-electron chi connectivity index (χ0n) is 15.0. The Morgan fingerprint density at radius 3 is 3.12 bits per heavy atom. The molecule has 2 aromatic rings. The molecule has 2 N–H and O–H groups in total. The summed E-state index contributed by atoms with van der Waals surface area (Å²) < 4.78 is 1.99. The average molecular weight is 341 g/mol. The zero-order valence-corrected chi connectivity index (χ0v) is 15.0. The Kier molecular flexibility index (Phi) is 5.81. The van der Waals surface area contributed by atoms with Gasteiger partial charge in [0.05, 0.1) is 0 Å². The molecule has 1 aliphatic rings. The van der Waals surface area contributed by atoms with Crippen molar-refractivity contribution in [1.29, 1.82) is 0 Å². The van der Waals surface area contributed by atoms with E-state index in [0.29, 0.717) is 18.3 Å². The molecule has 1 amide bonds. The van der Waals surface area contributed by atoms with Crippen LogP contribution in [0.15, 0.2) is 30.6 Å². The van der Waals surface area contributed by atoms with Crippen molar-refractivity contribution in [1.82, 2.24) is 20.1 Å². The summed E-state index contributed by atoms with van der Waals surface area (Å²) in [5.41, 5.74) is 1.77. The van der Waals surface area contributed by atoms with E-state index in [1.165, 1.54) is 12.8 Å². The molecule has 1 aliphatic heterocycles. The fourth-order valence-corrected chi connectivity index (χ4v) is 3.48. The number of benzene rings is 1. The number of anilines is 1. The van der Waals surface area contributed by atoms with Crippen molar-refractivity contribution in [2.45, 2.75) is 39.7 Å². The number of rotatable bonds is 6. The molecule has 3 rings (SSSR count). The van der Waals surface area contributed by atoms with Gasteiger partial charge in [-0.2, -0.15) is 0 Å². The minimum atomic E-state index is 0.0761. The van der Waals surface area contributed by atoms with Crippen LogP contribution in [0.3, 0.4) is 0 Å².